The molecule has 0 spiro atoms. The molecule has 0 saturated carbocycles. The molecule has 2 N–H and O–H groups in total. The lowest BCUT2D eigenvalue weighted by molar-refractivity contribution is 0.0577. The largest absolute Gasteiger partial charge is 0.332 e. The van der Waals surface area contributed by atoms with Crippen LogP contribution in [0.25, 0.3) is 5.52 Å². The second-order valence-electron chi connectivity index (χ2n) is 5.79. The molecule has 2 aromatic rings. The Morgan fingerprint density at radius 2 is 2.00 bits per heavy atom. The molecule has 2 aliphatic rings. The number of carbonyl (C=O) groups is 1. The molecule has 2 fully saturated rings. The van der Waals surface area contributed by atoms with Gasteiger partial charge in [0.1, 0.15) is 0 Å². The number of fused-ring (bicyclic) bond motifs is 3. The lowest BCUT2D eigenvalue weighted by atomic mass is 9.97. The van der Waals surface area contributed by atoms with E-state index >= 15 is 0 Å². The van der Waals surface area contributed by atoms with E-state index < -0.39 is 0 Å². The van der Waals surface area contributed by atoms with Gasteiger partial charge in [-0.1, -0.05) is 0 Å². The maximum Gasteiger partial charge on any atom is 0.258 e. The second kappa shape index (κ2) is 4.28. The van der Waals surface area contributed by atoms with E-state index in [1.807, 2.05) is 4.90 Å². The molecule has 2 aliphatic heterocycles. The maximum atomic E-state index is 12.8. The Bertz CT molecular complexity index is 652. The van der Waals surface area contributed by atoms with Crippen LogP contribution in [0.4, 0.5) is 0 Å². The van der Waals surface area contributed by atoms with Crippen molar-refractivity contribution in [3.63, 3.8) is 0 Å². The summed E-state index contributed by atoms with van der Waals surface area (Å²) in [4.78, 5) is 19.0. The molecule has 1 amide bonds. The quantitative estimate of drug-likeness (QED) is 0.833. The van der Waals surface area contributed by atoms with Gasteiger partial charge in [0.15, 0.2) is 0 Å². The van der Waals surface area contributed by atoms with Crippen LogP contribution in [0, 0.1) is 0 Å². The van der Waals surface area contributed by atoms with Crippen molar-refractivity contribution in [2.45, 2.75) is 43.8 Å². The van der Waals surface area contributed by atoms with Crippen LogP contribution in [0.1, 0.15) is 36.0 Å². The Kier molecular flexibility index (Phi) is 2.53. The summed E-state index contributed by atoms with van der Waals surface area (Å²) in [5.41, 5.74) is 7.48. The normalized spacial score (nSPS) is 29.1. The summed E-state index contributed by atoms with van der Waals surface area (Å²) < 4.78 is 1.69. The molecule has 0 radical (unpaired) electrons. The Hall–Kier alpha value is -1.95. The second-order valence-corrected chi connectivity index (χ2v) is 5.79. The summed E-state index contributed by atoms with van der Waals surface area (Å²) in [7, 11) is 0. The fourth-order valence-electron chi connectivity index (χ4n) is 3.69. The van der Waals surface area contributed by atoms with Crippen molar-refractivity contribution >= 4 is 11.4 Å². The average molecular weight is 271 g/mol. The molecule has 0 aliphatic carbocycles. The topological polar surface area (TPSA) is 76.5 Å². The van der Waals surface area contributed by atoms with Crippen LogP contribution in [0.2, 0.25) is 0 Å². The number of nitrogens with zero attached hydrogens (tertiary/aromatic N) is 4. The van der Waals surface area contributed by atoms with Crippen molar-refractivity contribution < 1.29 is 4.79 Å². The molecule has 2 aromatic heterocycles. The summed E-state index contributed by atoms with van der Waals surface area (Å²) in [6.07, 6.45) is 10.7. The first-order valence-corrected chi connectivity index (χ1v) is 7.09. The van der Waals surface area contributed by atoms with Crippen molar-refractivity contribution in [2.75, 3.05) is 0 Å². The van der Waals surface area contributed by atoms with Crippen LogP contribution in [0.15, 0.2) is 24.8 Å². The van der Waals surface area contributed by atoms with Gasteiger partial charge in [0, 0.05) is 30.5 Å². The predicted octanol–water partition coefficient (Wildman–Crippen LogP) is 0.824. The predicted molar refractivity (Wildman–Crippen MR) is 73.2 cm³/mol. The molecule has 20 heavy (non-hydrogen) atoms. The molecular weight excluding hydrogens is 254 g/mol. The minimum absolute atomic E-state index is 0.0763. The van der Waals surface area contributed by atoms with E-state index in [2.05, 4.69) is 10.1 Å². The summed E-state index contributed by atoms with van der Waals surface area (Å²) in [5.74, 6) is 0.0763. The molecule has 2 bridgehead atoms. The lowest BCUT2D eigenvalue weighted by Crippen LogP contribution is -2.50. The van der Waals surface area contributed by atoms with Gasteiger partial charge in [0.05, 0.1) is 23.5 Å². The molecule has 6 nitrogen and oxygen atoms in total. The molecule has 4 rings (SSSR count). The van der Waals surface area contributed by atoms with Crippen LogP contribution in [-0.4, -0.2) is 43.5 Å². The van der Waals surface area contributed by atoms with Gasteiger partial charge in [-0.2, -0.15) is 5.10 Å². The molecule has 4 heterocycles. The van der Waals surface area contributed by atoms with Crippen molar-refractivity contribution in [2.24, 2.45) is 5.73 Å². The number of hydrogen-bond donors (Lipinski definition) is 1. The van der Waals surface area contributed by atoms with E-state index in [0.29, 0.717) is 17.6 Å². The zero-order valence-electron chi connectivity index (χ0n) is 11.1. The van der Waals surface area contributed by atoms with E-state index in [4.69, 9.17) is 5.73 Å². The van der Waals surface area contributed by atoms with Crippen LogP contribution in [0.3, 0.4) is 0 Å². The molecule has 2 saturated heterocycles. The molecule has 0 aromatic carbocycles. The maximum absolute atomic E-state index is 12.8. The number of amides is 1. The van der Waals surface area contributed by atoms with E-state index in [1.54, 1.807) is 29.3 Å². The fourth-order valence-corrected chi connectivity index (χ4v) is 3.69. The summed E-state index contributed by atoms with van der Waals surface area (Å²) in [6.45, 7) is 0. The standard InChI is InChI=1S/C14H17N5O/c15-9-5-10-1-2-11(6-9)19(10)14(20)12-7-17-18-4-3-16-8-13(12)18/h3-4,7-11H,1-2,5-6,15H2. The van der Waals surface area contributed by atoms with Gasteiger partial charge in [0.2, 0.25) is 0 Å². The van der Waals surface area contributed by atoms with E-state index in [0.717, 1.165) is 31.2 Å². The Morgan fingerprint density at radius 3 is 2.75 bits per heavy atom. The first kappa shape index (κ1) is 11.8. The number of aromatic nitrogens is 3. The van der Waals surface area contributed by atoms with Gasteiger partial charge in [-0.3, -0.25) is 9.78 Å². The van der Waals surface area contributed by atoms with E-state index in [9.17, 15) is 4.79 Å². The highest BCUT2D eigenvalue weighted by Crippen LogP contribution is 2.36. The Balaban J connectivity index is 1.71. The molecular formula is C14H17N5O. The summed E-state index contributed by atoms with van der Waals surface area (Å²) in [6, 6.07) is 0.827. The van der Waals surface area contributed by atoms with Gasteiger partial charge in [-0.05, 0) is 25.7 Å². The minimum Gasteiger partial charge on any atom is -0.332 e. The van der Waals surface area contributed by atoms with Gasteiger partial charge < -0.3 is 10.6 Å². The number of rotatable bonds is 1. The van der Waals surface area contributed by atoms with E-state index in [1.165, 1.54) is 0 Å². The van der Waals surface area contributed by atoms with Crippen molar-refractivity contribution in [1.82, 2.24) is 19.5 Å². The van der Waals surface area contributed by atoms with Gasteiger partial charge in [-0.15, -0.1) is 0 Å². The summed E-state index contributed by atoms with van der Waals surface area (Å²) in [5, 5.41) is 4.22. The minimum atomic E-state index is 0.0763. The van der Waals surface area contributed by atoms with E-state index in [-0.39, 0.29) is 11.9 Å². The van der Waals surface area contributed by atoms with Crippen molar-refractivity contribution in [3.05, 3.63) is 30.4 Å². The zero-order valence-corrected chi connectivity index (χ0v) is 11.1. The highest BCUT2D eigenvalue weighted by Gasteiger charge is 2.42. The molecule has 2 unspecified atom stereocenters. The highest BCUT2D eigenvalue weighted by atomic mass is 16.2. The first-order chi connectivity index (χ1) is 9.74. The van der Waals surface area contributed by atoms with Crippen LogP contribution >= 0.6 is 0 Å². The van der Waals surface area contributed by atoms with Gasteiger partial charge >= 0.3 is 0 Å². The molecule has 104 valence electrons. The average Bonchev–Trinajstić information content (AvgIpc) is 2.98. The van der Waals surface area contributed by atoms with Crippen LogP contribution in [-0.2, 0) is 0 Å². The summed E-state index contributed by atoms with van der Waals surface area (Å²) >= 11 is 0. The smallest absolute Gasteiger partial charge is 0.258 e. The zero-order chi connectivity index (χ0) is 13.7. The number of carbonyl (C=O) groups excluding carboxylic acids is 1. The number of piperidine rings is 1. The number of nitrogens with two attached hydrogens (primary N) is 1. The first-order valence-electron chi connectivity index (χ1n) is 7.09. The molecule has 2 atom stereocenters. The van der Waals surface area contributed by atoms with Crippen LogP contribution in [0.5, 0.6) is 0 Å². The monoisotopic (exact) mass is 271 g/mol. The van der Waals surface area contributed by atoms with Crippen molar-refractivity contribution in [1.29, 1.82) is 0 Å². The third-order valence-electron chi connectivity index (χ3n) is 4.56. The fraction of sp³-hybridized carbons (Fsp3) is 0.500. The third-order valence-corrected chi connectivity index (χ3v) is 4.56. The molecule has 6 heteroatoms. The highest BCUT2D eigenvalue weighted by molar-refractivity contribution is 6.01. The van der Waals surface area contributed by atoms with Crippen LogP contribution < -0.4 is 5.73 Å². The van der Waals surface area contributed by atoms with Gasteiger partial charge in [0.25, 0.3) is 5.91 Å². The SMILES string of the molecule is NC1CC2CCC(C1)N2C(=O)c1cnn2ccncc12. The Morgan fingerprint density at radius 1 is 1.25 bits per heavy atom. The third kappa shape index (κ3) is 1.64. The lowest BCUT2D eigenvalue weighted by Gasteiger charge is -2.37. The number of hydrogen-bond acceptors (Lipinski definition) is 4. The van der Waals surface area contributed by atoms with Gasteiger partial charge in [-0.25, -0.2) is 4.52 Å². The Labute approximate surface area is 116 Å². The van der Waals surface area contributed by atoms with Crippen molar-refractivity contribution in [3.8, 4) is 0 Å².